The lowest BCUT2D eigenvalue weighted by atomic mass is 10.2. The molecule has 0 spiro atoms. The van der Waals surface area contributed by atoms with Crippen molar-refractivity contribution in [1.29, 1.82) is 0 Å². The van der Waals surface area contributed by atoms with E-state index < -0.39 is 15.3 Å². The second-order valence-electron chi connectivity index (χ2n) is 3.51. The second kappa shape index (κ2) is 4.39. The second-order valence-corrected chi connectivity index (χ2v) is 5.89. The van der Waals surface area contributed by atoms with Crippen molar-refractivity contribution in [1.82, 2.24) is 4.47 Å². The molecule has 0 bridgehead atoms. The van der Waals surface area contributed by atoms with Crippen molar-refractivity contribution in [2.24, 2.45) is 0 Å². The molecule has 0 aromatic rings. The lowest BCUT2D eigenvalue weighted by molar-refractivity contribution is -0.0754. The molecule has 1 heterocycles. The Balaban J connectivity index is 2.69. The summed E-state index contributed by atoms with van der Waals surface area (Å²) in [5.41, 5.74) is 0. The molecule has 13 heavy (non-hydrogen) atoms. The molecule has 0 amide bonds. The van der Waals surface area contributed by atoms with E-state index >= 15 is 0 Å². The molecule has 4 nitrogen and oxygen atoms in total. The first kappa shape index (κ1) is 10.9. The molecule has 0 atom stereocenters. The minimum atomic E-state index is -3.21. The van der Waals surface area contributed by atoms with Gasteiger partial charge in [-0.15, -0.1) is 0 Å². The van der Waals surface area contributed by atoms with Gasteiger partial charge in [0.25, 0.3) is 0 Å². The van der Waals surface area contributed by atoms with E-state index in [0.29, 0.717) is 13.2 Å². The lowest BCUT2D eigenvalue weighted by Gasteiger charge is -2.21. The van der Waals surface area contributed by atoms with Crippen LogP contribution < -0.4 is 0 Å². The average molecular weight is 207 g/mol. The van der Waals surface area contributed by atoms with Crippen molar-refractivity contribution < 1.29 is 13.3 Å². The highest BCUT2D eigenvalue weighted by Crippen LogP contribution is 2.14. The van der Waals surface area contributed by atoms with E-state index in [2.05, 4.69) is 0 Å². The first-order valence-electron chi connectivity index (χ1n) is 4.69. The summed E-state index contributed by atoms with van der Waals surface area (Å²) in [5, 5.41) is -0.398. The van der Waals surface area contributed by atoms with Gasteiger partial charge in [0.1, 0.15) is 0 Å². The highest BCUT2D eigenvalue weighted by molar-refractivity contribution is 7.89. The molecule has 0 aliphatic carbocycles. The smallest absolute Gasteiger partial charge is 0.238 e. The molecule has 0 aromatic carbocycles. The molecule has 1 aliphatic heterocycles. The maximum Gasteiger partial charge on any atom is 0.238 e. The van der Waals surface area contributed by atoms with Gasteiger partial charge in [-0.3, -0.25) is 4.84 Å². The number of hydroxylamine groups is 1. The van der Waals surface area contributed by atoms with E-state index in [4.69, 9.17) is 4.84 Å². The van der Waals surface area contributed by atoms with E-state index in [1.54, 1.807) is 13.8 Å². The van der Waals surface area contributed by atoms with Crippen LogP contribution in [0.5, 0.6) is 0 Å². The zero-order chi connectivity index (χ0) is 9.90. The molecule has 78 valence electrons. The van der Waals surface area contributed by atoms with Gasteiger partial charge in [-0.05, 0) is 33.1 Å². The first-order valence-corrected chi connectivity index (χ1v) is 6.20. The lowest BCUT2D eigenvalue weighted by Crippen LogP contribution is -2.36. The third kappa shape index (κ3) is 2.65. The predicted octanol–water partition coefficient (Wildman–Crippen LogP) is 1.14. The van der Waals surface area contributed by atoms with Crippen LogP contribution in [0.2, 0.25) is 0 Å². The minimum Gasteiger partial charge on any atom is -0.284 e. The Morgan fingerprint density at radius 3 is 2.54 bits per heavy atom. The fourth-order valence-electron chi connectivity index (χ4n) is 1.19. The van der Waals surface area contributed by atoms with Crippen LogP contribution in [0.25, 0.3) is 0 Å². The number of hydrogen-bond acceptors (Lipinski definition) is 3. The van der Waals surface area contributed by atoms with Gasteiger partial charge in [0, 0.05) is 6.54 Å². The van der Waals surface area contributed by atoms with Crippen LogP contribution in [0.4, 0.5) is 0 Å². The standard InChI is InChI=1S/C8H17NO3S/c1-8(2)13(10,11)9-6-4-3-5-7-12-9/h8H,3-7H2,1-2H3. The van der Waals surface area contributed by atoms with Gasteiger partial charge in [-0.2, -0.15) is 0 Å². The largest absolute Gasteiger partial charge is 0.284 e. The summed E-state index contributed by atoms with van der Waals surface area (Å²) in [6.07, 6.45) is 2.89. The van der Waals surface area contributed by atoms with Crippen molar-refractivity contribution in [2.45, 2.75) is 38.4 Å². The first-order chi connectivity index (χ1) is 6.05. The van der Waals surface area contributed by atoms with Crippen LogP contribution in [-0.4, -0.2) is 31.3 Å². The maximum absolute atomic E-state index is 11.6. The van der Waals surface area contributed by atoms with Gasteiger partial charge in [-0.1, -0.05) is 4.47 Å². The molecule has 0 N–H and O–H groups in total. The summed E-state index contributed by atoms with van der Waals surface area (Å²) in [7, 11) is -3.21. The minimum absolute atomic E-state index is 0.398. The molecule has 1 saturated heterocycles. The van der Waals surface area contributed by atoms with Crippen molar-refractivity contribution in [3.8, 4) is 0 Å². The number of rotatable bonds is 2. The molecule has 0 radical (unpaired) electrons. The van der Waals surface area contributed by atoms with E-state index in [9.17, 15) is 8.42 Å². The highest BCUT2D eigenvalue weighted by Gasteiger charge is 2.27. The molecule has 1 aliphatic rings. The Bertz CT molecular complexity index is 240. The summed E-state index contributed by atoms with van der Waals surface area (Å²) >= 11 is 0. The summed E-state index contributed by atoms with van der Waals surface area (Å²) < 4.78 is 24.4. The van der Waals surface area contributed by atoms with Crippen molar-refractivity contribution in [2.75, 3.05) is 13.2 Å². The number of nitrogens with zero attached hydrogens (tertiary/aromatic N) is 1. The van der Waals surface area contributed by atoms with E-state index in [0.717, 1.165) is 23.7 Å². The van der Waals surface area contributed by atoms with Gasteiger partial charge in [-0.25, -0.2) is 8.42 Å². The van der Waals surface area contributed by atoms with Gasteiger partial charge >= 0.3 is 0 Å². The van der Waals surface area contributed by atoms with Crippen LogP contribution in [0.15, 0.2) is 0 Å². The van der Waals surface area contributed by atoms with E-state index in [1.807, 2.05) is 0 Å². The van der Waals surface area contributed by atoms with Crippen LogP contribution in [0, 0.1) is 0 Å². The van der Waals surface area contributed by atoms with Gasteiger partial charge in [0.05, 0.1) is 11.9 Å². The average Bonchev–Trinajstić information content (AvgIpc) is 2.31. The van der Waals surface area contributed by atoms with Crippen LogP contribution in [0.3, 0.4) is 0 Å². The molecular weight excluding hydrogens is 190 g/mol. The van der Waals surface area contributed by atoms with Crippen molar-refractivity contribution in [3.63, 3.8) is 0 Å². The van der Waals surface area contributed by atoms with Crippen molar-refractivity contribution >= 4 is 10.0 Å². The summed E-state index contributed by atoms with van der Waals surface area (Å²) in [5.74, 6) is 0. The molecule has 5 heteroatoms. The Morgan fingerprint density at radius 1 is 1.23 bits per heavy atom. The summed E-state index contributed by atoms with van der Waals surface area (Å²) in [4.78, 5) is 5.17. The quantitative estimate of drug-likeness (QED) is 0.682. The molecule has 0 unspecified atom stereocenters. The van der Waals surface area contributed by atoms with E-state index in [1.165, 1.54) is 0 Å². The molecule has 0 aromatic heterocycles. The topological polar surface area (TPSA) is 46.6 Å². The zero-order valence-electron chi connectivity index (χ0n) is 8.19. The van der Waals surface area contributed by atoms with Gasteiger partial charge in [0.15, 0.2) is 0 Å². The Morgan fingerprint density at radius 2 is 1.92 bits per heavy atom. The monoisotopic (exact) mass is 207 g/mol. The predicted molar refractivity (Wildman–Crippen MR) is 50.6 cm³/mol. The number of sulfonamides is 1. The maximum atomic E-state index is 11.6. The number of hydrogen-bond donors (Lipinski definition) is 0. The van der Waals surface area contributed by atoms with Gasteiger partial charge < -0.3 is 0 Å². The van der Waals surface area contributed by atoms with Crippen LogP contribution in [-0.2, 0) is 14.9 Å². The zero-order valence-corrected chi connectivity index (χ0v) is 9.01. The van der Waals surface area contributed by atoms with E-state index in [-0.39, 0.29) is 0 Å². The fourth-order valence-corrected chi connectivity index (χ4v) is 2.26. The Hall–Kier alpha value is -0.130. The Labute approximate surface area is 79.9 Å². The molecule has 0 saturated carbocycles. The third-order valence-corrected chi connectivity index (χ3v) is 4.15. The summed E-state index contributed by atoms with van der Waals surface area (Å²) in [6, 6.07) is 0. The van der Waals surface area contributed by atoms with Gasteiger partial charge in [0.2, 0.25) is 10.0 Å². The van der Waals surface area contributed by atoms with Crippen LogP contribution in [0.1, 0.15) is 33.1 Å². The Kier molecular flexibility index (Phi) is 3.70. The molecular formula is C8H17NO3S. The van der Waals surface area contributed by atoms with Crippen LogP contribution >= 0.6 is 0 Å². The molecule has 1 rings (SSSR count). The molecule has 1 fully saturated rings. The fraction of sp³-hybridized carbons (Fsp3) is 1.00. The highest BCUT2D eigenvalue weighted by atomic mass is 32.2. The van der Waals surface area contributed by atoms with Crippen molar-refractivity contribution in [3.05, 3.63) is 0 Å². The third-order valence-electron chi connectivity index (χ3n) is 2.10. The SMILES string of the molecule is CC(C)S(=O)(=O)N1CCCCCO1. The normalized spacial score (nSPS) is 21.8. The summed E-state index contributed by atoms with van der Waals surface area (Å²) in [6.45, 7) is 4.36.